The van der Waals surface area contributed by atoms with E-state index in [4.69, 9.17) is 5.26 Å². The van der Waals surface area contributed by atoms with Gasteiger partial charge in [0.1, 0.15) is 0 Å². The molecule has 0 amide bonds. The van der Waals surface area contributed by atoms with Crippen molar-refractivity contribution < 1.29 is 13.5 Å². The van der Waals surface area contributed by atoms with Gasteiger partial charge < -0.3 is 9.67 Å². The van der Waals surface area contributed by atoms with Crippen LogP contribution in [0.2, 0.25) is 0 Å². The largest absolute Gasteiger partial charge is 0.387 e. The summed E-state index contributed by atoms with van der Waals surface area (Å²) in [7, 11) is -3.46. The summed E-state index contributed by atoms with van der Waals surface area (Å²) in [6.45, 7) is 1.89. The van der Waals surface area contributed by atoms with Gasteiger partial charge >= 0.3 is 0 Å². The van der Waals surface area contributed by atoms with Gasteiger partial charge in [-0.1, -0.05) is 6.07 Å². The lowest BCUT2D eigenvalue weighted by molar-refractivity contribution is 0.189. The van der Waals surface area contributed by atoms with Crippen molar-refractivity contribution in [2.75, 3.05) is 5.75 Å². The minimum Gasteiger partial charge on any atom is -0.387 e. The molecule has 0 aliphatic rings. The van der Waals surface area contributed by atoms with Crippen LogP contribution in [0.3, 0.4) is 0 Å². The average molecular weight is 304 g/mol. The molecule has 21 heavy (non-hydrogen) atoms. The summed E-state index contributed by atoms with van der Waals surface area (Å²) in [6, 6.07) is 11.4. The van der Waals surface area contributed by atoms with E-state index in [0.717, 1.165) is 0 Å². The lowest BCUT2D eigenvalue weighted by Gasteiger charge is -2.11. The molecular formula is C15H16N2O3S. The van der Waals surface area contributed by atoms with Gasteiger partial charge in [0, 0.05) is 18.4 Å². The van der Waals surface area contributed by atoms with Crippen LogP contribution in [0.15, 0.2) is 47.5 Å². The minimum absolute atomic E-state index is 0.0870. The fourth-order valence-corrected chi connectivity index (χ4v) is 3.37. The van der Waals surface area contributed by atoms with E-state index in [0.29, 0.717) is 11.3 Å². The van der Waals surface area contributed by atoms with Crippen LogP contribution in [-0.2, 0) is 16.4 Å². The molecule has 1 N–H and O–H groups in total. The van der Waals surface area contributed by atoms with Gasteiger partial charge in [-0.3, -0.25) is 0 Å². The van der Waals surface area contributed by atoms with E-state index in [2.05, 4.69) is 0 Å². The Bertz CT molecular complexity index is 770. The normalized spacial score (nSPS) is 12.8. The van der Waals surface area contributed by atoms with Gasteiger partial charge in [-0.15, -0.1) is 0 Å². The van der Waals surface area contributed by atoms with Gasteiger partial charge in [-0.05, 0) is 37.3 Å². The van der Waals surface area contributed by atoms with Crippen LogP contribution >= 0.6 is 0 Å². The van der Waals surface area contributed by atoms with Crippen molar-refractivity contribution in [2.24, 2.45) is 0 Å². The third kappa shape index (κ3) is 3.51. The summed E-state index contributed by atoms with van der Waals surface area (Å²) in [5.74, 6) is -0.0870. The van der Waals surface area contributed by atoms with Crippen LogP contribution in [0, 0.1) is 11.3 Å². The van der Waals surface area contributed by atoms with Gasteiger partial charge in [-0.25, -0.2) is 8.42 Å². The number of aliphatic hydroxyl groups excluding tert-OH is 1. The van der Waals surface area contributed by atoms with Crippen LogP contribution in [0.1, 0.15) is 24.3 Å². The Morgan fingerprint density at radius 3 is 2.76 bits per heavy atom. The van der Waals surface area contributed by atoms with E-state index in [1.165, 1.54) is 12.1 Å². The molecule has 6 heteroatoms. The van der Waals surface area contributed by atoms with E-state index in [9.17, 15) is 13.5 Å². The molecule has 0 spiro atoms. The highest BCUT2D eigenvalue weighted by molar-refractivity contribution is 7.91. The predicted octanol–water partition coefficient (Wildman–Crippen LogP) is 1.89. The quantitative estimate of drug-likeness (QED) is 0.914. The summed E-state index contributed by atoms with van der Waals surface area (Å²) in [5.41, 5.74) is 0.998. The zero-order valence-electron chi connectivity index (χ0n) is 11.6. The molecule has 0 saturated carbocycles. The molecule has 0 bridgehead atoms. The van der Waals surface area contributed by atoms with Crippen molar-refractivity contribution in [3.05, 3.63) is 53.9 Å². The second-order valence-electron chi connectivity index (χ2n) is 4.76. The van der Waals surface area contributed by atoms with E-state index in [1.54, 1.807) is 42.0 Å². The van der Waals surface area contributed by atoms with Crippen LogP contribution in [0.5, 0.6) is 0 Å². The third-order valence-electron chi connectivity index (χ3n) is 3.22. The molecule has 2 aromatic rings. The second-order valence-corrected chi connectivity index (χ2v) is 6.87. The standard InChI is InChI=1S/C15H16N2O3S/c1-12(18)15-6-3-7-17(15)8-9-21(19,20)14-5-2-4-13(10-14)11-16/h2-7,10,12,18H,8-9H2,1H3. The average Bonchev–Trinajstić information content (AvgIpc) is 2.94. The summed E-state index contributed by atoms with van der Waals surface area (Å²) < 4.78 is 26.3. The molecule has 1 heterocycles. The molecule has 1 unspecified atom stereocenters. The maximum atomic E-state index is 12.3. The second kappa shape index (κ2) is 6.12. The van der Waals surface area contributed by atoms with Crippen molar-refractivity contribution in [1.29, 1.82) is 5.26 Å². The number of hydrogen-bond donors (Lipinski definition) is 1. The Kier molecular flexibility index (Phi) is 4.46. The molecule has 2 rings (SSSR count). The molecule has 5 nitrogen and oxygen atoms in total. The zero-order chi connectivity index (χ0) is 15.5. The minimum atomic E-state index is -3.46. The highest BCUT2D eigenvalue weighted by Crippen LogP contribution is 2.16. The summed E-state index contributed by atoms with van der Waals surface area (Å²) in [4.78, 5) is 0.146. The van der Waals surface area contributed by atoms with Gasteiger partial charge in [0.2, 0.25) is 0 Å². The molecule has 1 aromatic heterocycles. The Balaban J connectivity index is 2.18. The third-order valence-corrected chi connectivity index (χ3v) is 4.91. The van der Waals surface area contributed by atoms with Crippen LogP contribution in [0.4, 0.5) is 0 Å². The summed E-state index contributed by atoms with van der Waals surface area (Å²) >= 11 is 0. The SMILES string of the molecule is CC(O)c1cccn1CCS(=O)(=O)c1cccc(C#N)c1. The van der Waals surface area contributed by atoms with Crippen LogP contribution in [-0.4, -0.2) is 23.8 Å². The fraction of sp³-hybridized carbons (Fsp3) is 0.267. The highest BCUT2D eigenvalue weighted by Gasteiger charge is 2.16. The first-order valence-electron chi connectivity index (χ1n) is 6.50. The number of nitrogens with zero attached hydrogens (tertiary/aromatic N) is 2. The molecule has 1 aromatic carbocycles. The lowest BCUT2D eigenvalue weighted by Crippen LogP contribution is -2.15. The number of aromatic nitrogens is 1. The van der Waals surface area contributed by atoms with E-state index < -0.39 is 15.9 Å². The number of benzene rings is 1. The van der Waals surface area contributed by atoms with Crippen molar-refractivity contribution in [1.82, 2.24) is 4.57 Å². The summed E-state index contributed by atoms with van der Waals surface area (Å²) in [5, 5.41) is 18.4. The van der Waals surface area contributed by atoms with Crippen molar-refractivity contribution in [2.45, 2.75) is 24.5 Å². The van der Waals surface area contributed by atoms with Crippen LogP contribution < -0.4 is 0 Å². The number of rotatable bonds is 5. The Morgan fingerprint density at radius 1 is 1.33 bits per heavy atom. The predicted molar refractivity (Wildman–Crippen MR) is 78.3 cm³/mol. The molecule has 0 aliphatic heterocycles. The molecule has 1 atom stereocenters. The Morgan fingerprint density at radius 2 is 2.10 bits per heavy atom. The van der Waals surface area contributed by atoms with E-state index >= 15 is 0 Å². The first kappa shape index (κ1) is 15.3. The first-order chi connectivity index (χ1) is 9.94. The maximum Gasteiger partial charge on any atom is 0.180 e. The van der Waals surface area contributed by atoms with Gasteiger partial charge in [0.15, 0.2) is 9.84 Å². The Labute approximate surface area is 124 Å². The van der Waals surface area contributed by atoms with Gasteiger partial charge in [0.05, 0.1) is 28.4 Å². The topological polar surface area (TPSA) is 83.1 Å². The molecular weight excluding hydrogens is 288 g/mol. The molecule has 0 fully saturated rings. The highest BCUT2D eigenvalue weighted by atomic mass is 32.2. The zero-order valence-corrected chi connectivity index (χ0v) is 12.4. The molecule has 110 valence electrons. The van der Waals surface area contributed by atoms with Crippen molar-refractivity contribution in [3.63, 3.8) is 0 Å². The van der Waals surface area contributed by atoms with Gasteiger partial charge in [0.25, 0.3) is 0 Å². The molecule has 0 saturated heterocycles. The van der Waals surface area contributed by atoms with Crippen molar-refractivity contribution in [3.8, 4) is 6.07 Å². The van der Waals surface area contributed by atoms with E-state index in [1.807, 2.05) is 6.07 Å². The van der Waals surface area contributed by atoms with E-state index in [-0.39, 0.29) is 17.2 Å². The number of aryl methyl sites for hydroxylation is 1. The first-order valence-corrected chi connectivity index (χ1v) is 8.15. The number of sulfone groups is 1. The molecule has 0 aliphatic carbocycles. The number of hydrogen-bond acceptors (Lipinski definition) is 4. The number of nitriles is 1. The lowest BCUT2D eigenvalue weighted by atomic mass is 10.2. The fourth-order valence-electron chi connectivity index (χ4n) is 2.11. The van der Waals surface area contributed by atoms with Crippen molar-refractivity contribution >= 4 is 9.84 Å². The summed E-state index contributed by atoms with van der Waals surface area (Å²) in [6.07, 6.45) is 1.09. The Hall–Kier alpha value is -2.10. The van der Waals surface area contributed by atoms with Crippen LogP contribution in [0.25, 0.3) is 0 Å². The van der Waals surface area contributed by atoms with Gasteiger partial charge in [-0.2, -0.15) is 5.26 Å². The monoisotopic (exact) mass is 304 g/mol. The number of aliphatic hydroxyl groups is 1. The maximum absolute atomic E-state index is 12.3. The molecule has 0 radical (unpaired) electrons. The smallest absolute Gasteiger partial charge is 0.180 e.